The molecule has 44 heavy (non-hydrogen) atoms. The minimum absolute atomic E-state index is 0.353. The molecule has 0 bridgehead atoms. The quantitative estimate of drug-likeness (QED) is 0.148. The molecular formula is C32H30N6O6. The Bertz CT molecular complexity index is 1430. The molecule has 0 spiro atoms. The lowest BCUT2D eigenvalue weighted by molar-refractivity contribution is -0.271. The molecule has 1 heterocycles. The number of anilines is 2. The van der Waals surface area contributed by atoms with Crippen molar-refractivity contribution >= 4 is 35.9 Å². The summed E-state index contributed by atoms with van der Waals surface area (Å²) in [6.07, 6.45) is 1.43. The molecular weight excluding hydrogens is 564 g/mol. The molecule has 2 atom stereocenters. The van der Waals surface area contributed by atoms with Crippen LogP contribution in [0.5, 0.6) is 11.5 Å². The van der Waals surface area contributed by atoms with Crippen LogP contribution >= 0.6 is 0 Å². The fourth-order valence-electron chi connectivity index (χ4n) is 3.89. The molecule has 12 nitrogen and oxygen atoms in total. The van der Waals surface area contributed by atoms with E-state index in [1.54, 1.807) is 72.8 Å². The second kappa shape index (κ2) is 15.5. The highest BCUT2D eigenvalue weighted by Gasteiger charge is 2.31. The Labute approximate surface area is 253 Å². The molecule has 0 saturated carbocycles. The van der Waals surface area contributed by atoms with Gasteiger partial charge in [0.1, 0.15) is 11.5 Å². The van der Waals surface area contributed by atoms with Gasteiger partial charge in [0.15, 0.2) is 0 Å². The van der Waals surface area contributed by atoms with Gasteiger partial charge in [0, 0.05) is 11.4 Å². The van der Waals surface area contributed by atoms with Crippen LogP contribution in [0, 0.1) is 0 Å². The van der Waals surface area contributed by atoms with Crippen LogP contribution < -0.4 is 31.0 Å². The zero-order chi connectivity index (χ0) is 30.4. The normalized spacial score (nSPS) is 16.3. The molecule has 4 N–H and O–H groups in total. The third-order valence-electron chi connectivity index (χ3n) is 5.96. The predicted octanol–water partition coefficient (Wildman–Crippen LogP) is 5.15. The van der Waals surface area contributed by atoms with E-state index in [1.165, 1.54) is 12.4 Å². The SMILES string of the molecule is O=C(N/N=C\c1ccc(O[C@H]2OCCO[C@H]2Oc2ccc(/C=N/NC(=O)Nc3ccccc3)cc2)cc1)Nc1ccccc1. The summed E-state index contributed by atoms with van der Waals surface area (Å²) in [5.74, 6) is 1.08. The lowest BCUT2D eigenvalue weighted by atomic mass is 10.2. The van der Waals surface area contributed by atoms with Gasteiger partial charge in [0.2, 0.25) is 0 Å². The molecule has 0 aromatic heterocycles. The summed E-state index contributed by atoms with van der Waals surface area (Å²) in [6, 6.07) is 31.4. The summed E-state index contributed by atoms with van der Waals surface area (Å²) >= 11 is 0. The number of hydrogen-bond acceptors (Lipinski definition) is 8. The molecule has 4 amide bonds. The summed E-state index contributed by atoms with van der Waals surface area (Å²) in [5.41, 5.74) is 7.68. The number of carbonyl (C=O) groups is 2. The van der Waals surface area contributed by atoms with E-state index in [0.29, 0.717) is 36.1 Å². The molecule has 1 aliphatic rings. The van der Waals surface area contributed by atoms with Crippen molar-refractivity contribution in [3.63, 3.8) is 0 Å². The predicted molar refractivity (Wildman–Crippen MR) is 166 cm³/mol. The highest BCUT2D eigenvalue weighted by Crippen LogP contribution is 2.22. The van der Waals surface area contributed by atoms with Gasteiger partial charge in [0.05, 0.1) is 25.6 Å². The topological polar surface area (TPSA) is 144 Å². The van der Waals surface area contributed by atoms with Gasteiger partial charge >= 0.3 is 12.1 Å². The fourth-order valence-corrected chi connectivity index (χ4v) is 3.89. The first-order valence-electron chi connectivity index (χ1n) is 13.7. The number of urea groups is 2. The molecule has 224 valence electrons. The molecule has 0 unspecified atom stereocenters. The summed E-state index contributed by atoms with van der Waals surface area (Å²) in [5, 5.41) is 13.3. The molecule has 4 aromatic rings. The third-order valence-corrected chi connectivity index (χ3v) is 5.96. The van der Waals surface area contributed by atoms with Gasteiger partial charge in [-0.1, -0.05) is 36.4 Å². The number of para-hydroxylation sites is 2. The molecule has 1 aliphatic heterocycles. The Balaban J connectivity index is 1.08. The molecule has 12 heteroatoms. The van der Waals surface area contributed by atoms with E-state index >= 15 is 0 Å². The van der Waals surface area contributed by atoms with Gasteiger partial charge in [-0.25, -0.2) is 20.4 Å². The summed E-state index contributed by atoms with van der Waals surface area (Å²) in [4.78, 5) is 23.9. The van der Waals surface area contributed by atoms with Gasteiger partial charge in [-0.3, -0.25) is 0 Å². The van der Waals surface area contributed by atoms with Crippen molar-refractivity contribution in [2.75, 3.05) is 23.8 Å². The van der Waals surface area contributed by atoms with E-state index in [-0.39, 0.29) is 0 Å². The average molecular weight is 595 g/mol. The lowest BCUT2D eigenvalue weighted by Gasteiger charge is -2.31. The summed E-state index contributed by atoms with van der Waals surface area (Å²) < 4.78 is 23.5. The van der Waals surface area contributed by atoms with Crippen molar-refractivity contribution in [3.05, 3.63) is 120 Å². The monoisotopic (exact) mass is 594 g/mol. The Morgan fingerprint density at radius 2 is 0.977 bits per heavy atom. The molecule has 1 fully saturated rings. The van der Waals surface area contributed by atoms with Crippen molar-refractivity contribution in [2.24, 2.45) is 10.2 Å². The number of rotatable bonds is 10. The van der Waals surface area contributed by atoms with E-state index in [2.05, 4.69) is 31.7 Å². The van der Waals surface area contributed by atoms with Crippen LogP contribution in [0.2, 0.25) is 0 Å². The van der Waals surface area contributed by atoms with Gasteiger partial charge in [-0.15, -0.1) is 0 Å². The average Bonchev–Trinajstić information content (AvgIpc) is 3.04. The van der Waals surface area contributed by atoms with Crippen molar-refractivity contribution in [3.8, 4) is 11.5 Å². The number of nitrogens with zero attached hydrogens (tertiary/aromatic N) is 2. The van der Waals surface area contributed by atoms with Crippen LogP contribution in [-0.4, -0.2) is 50.3 Å². The Morgan fingerprint density at radius 3 is 1.36 bits per heavy atom. The van der Waals surface area contributed by atoms with Gasteiger partial charge < -0.3 is 29.6 Å². The van der Waals surface area contributed by atoms with Crippen molar-refractivity contribution in [2.45, 2.75) is 12.6 Å². The van der Waals surface area contributed by atoms with E-state index in [9.17, 15) is 9.59 Å². The van der Waals surface area contributed by atoms with E-state index in [1.807, 2.05) is 36.4 Å². The van der Waals surface area contributed by atoms with E-state index < -0.39 is 24.6 Å². The molecule has 4 aromatic carbocycles. The number of hydrazone groups is 2. The zero-order valence-corrected chi connectivity index (χ0v) is 23.5. The van der Waals surface area contributed by atoms with E-state index in [4.69, 9.17) is 18.9 Å². The highest BCUT2D eigenvalue weighted by molar-refractivity contribution is 5.91. The number of amides is 4. The Kier molecular flexibility index (Phi) is 10.5. The summed E-state index contributed by atoms with van der Waals surface area (Å²) in [7, 11) is 0. The number of benzene rings is 4. The Hall–Kier alpha value is -5.72. The second-order valence-corrected chi connectivity index (χ2v) is 9.23. The van der Waals surface area contributed by atoms with Crippen LogP contribution in [0.25, 0.3) is 0 Å². The number of ether oxygens (including phenoxy) is 4. The van der Waals surface area contributed by atoms with Crippen LogP contribution in [0.1, 0.15) is 11.1 Å². The minimum Gasteiger partial charge on any atom is -0.458 e. The van der Waals surface area contributed by atoms with Crippen LogP contribution in [0.3, 0.4) is 0 Å². The molecule has 0 aliphatic carbocycles. The summed E-state index contributed by atoms with van der Waals surface area (Å²) in [6.45, 7) is 0.707. The van der Waals surface area contributed by atoms with Crippen molar-refractivity contribution in [1.29, 1.82) is 0 Å². The van der Waals surface area contributed by atoms with Crippen molar-refractivity contribution < 1.29 is 28.5 Å². The third kappa shape index (κ3) is 9.41. The maximum Gasteiger partial charge on any atom is 0.339 e. The first-order chi connectivity index (χ1) is 21.6. The van der Waals surface area contributed by atoms with Gasteiger partial charge in [-0.05, 0) is 83.9 Å². The first-order valence-corrected chi connectivity index (χ1v) is 13.7. The smallest absolute Gasteiger partial charge is 0.339 e. The minimum atomic E-state index is -0.805. The van der Waals surface area contributed by atoms with Crippen molar-refractivity contribution in [1.82, 2.24) is 10.9 Å². The van der Waals surface area contributed by atoms with Crippen LogP contribution in [-0.2, 0) is 9.47 Å². The second-order valence-electron chi connectivity index (χ2n) is 9.23. The number of hydrogen-bond donors (Lipinski definition) is 4. The van der Waals surface area contributed by atoms with Gasteiger partial charge in [-0.2, -0.15) is 10.2 Å². The van der Waals surface area contributed by atoms with Crippen LogP contribution in [0.4, 0.5) is 21.0 Å². The number of carbonyl (C=O) groups excluding carboxylic acids is 2. The zero-order valence-electron chi connectivity index (χ0n) is 23.5. The lowest BCUT2D eigenvalue weighted by Crippen LogP contribution is -2.45. The van der Waals surface area contributed by atoms with Crippen LogP contribution in [0.15, 0.2) is 119 Å². The molecule has 5 rings (SSSR count). The first kappa shape index (κ1) is 29.8. The standard InChI is InChI=1S/C32H30N6O6/c39-31(35-25-7-3-1-4-8-25)37-33-21-23-11-15-27(16-12-23)43-29-30(42-20-19-41-29)44-28-17-13-24(14-18-28)22-34-38-32(40)36-26-9-5-2-6-10-26/h1-18,21-22,29-30H,19-20H2,(H2,35,37,39)(H2,36,38,40)/b33-21-,34-22+/t29-,30+/m1/s1. The van der Waals surface area contributed by atoms with Gasteiger partial charge in [0.25, 0.3) is 12.6 Å². The highest BCUT2D eigenvalue weighted by atomic mass is 16.8. The van der Waals surface area contributed by atoms with E-state index in [0.717, 1.165) is 11.1 Å². The maximum atomic E-state index is 12.0. The Morgan fingerprint density at radius 1 is 0.591 bits per heavy atom. The molecule has 1 saturated heterocycles. The number of nitrogens with one attached hydrogen (secondary N) is 4. The largest absolute Gasteiger partial charge is 0.458 e. The fraction of sp³-hybridized carbons (Fsp3) is 0.125. The molecule has 0 radical (unpaired) electrons. The maximum absolute atomic E-state index is 12.0.